The molecule has 0 spiro atoms. The smallest absolute Gasteiger partial charge is 0.154 e. The maximum absolute atomic E-state index is 9.70. The van der Waals surface area contributed by atoms with Gasteiger partial charge < -0.3 is 15.7 Å². The SMILES string of the molecule is Oc1cccc(-c2cnc3ccc(NCC4CCNCC4)nn23)c1. The van der Waals surface area contributed by atoms with Crippen LogP contribution in [0.1, 0.15) is 12.8 Å². The number of hydrogen-bond acceptors (Lipinski definition) is 5. The second-order valence-electron chi connectivity index (χ2n) is 6.26. The van der Waals surface area contributed by atoms with Crippen molar-refractivity contribution in [2.45, 2.75) is 12.8 Å². The number of piperidine rings is 1. The molecule has 124 valence electrons. The van der Waals surface area contributed by atoms with E-state index in [4.69, 9.17) is 0 Å². The molecule has 4 rings (SSSR count). The molecule has 1 saturated heterocycles. The van der Waals surface area contributed by atoms with Gasteiger partial charge >= 0.3 is 0 Å². The standard InChI is InChI=1S/C18H21N5O/c24-15-3-1-2-14(10-15)16-12-21-18-5-4-17(22-23(16)18)20-11-13-6-8-19-9-7-13/h1-5,10,12-13,19,24H,6-9,11H2,(H,20,22). The minimum Gasteiger partial charge on any atom is -0.508 e. The van der Waals surface area contributed by atoms with E-state index in [9.17, 15) is 5.11 Å². The van der Waals surface area contributed by atoms with Crippen LogP contribution in [0.25, 0.3) is 16.9 Å². The summed E-state index contributed by atoms with van der Waals surface area (Å²) in [6.07, 6.45) is 4.19. The number of fused-ring (bicyclic) bond motifs is 1. The van der Waals surface area contributed by atoms with Crippen molar-refractivity contribution < 1.29 is 5.11 Å². The van der Waals surface area contributed by atoms with Crippen molar-refractivity contribution >= 4 is 11.5 Å². The average molecular weight is 323 g/mol. The maximum atomic E-state index is 9.70. The fourth-order valence-corrected chi connectivity index (χ4v) is 3.16. The molecule has 1 aliphatic rings. The summed E-state index contributed by atoms with van der Waals surface area (Å²) in [7, 11) is 0. The summed E-state index contributed by atoms with van der Waals surface area (Å²) >= 11 is 0. The van der Waals surface area contributed by atoms with Crippen molar-refractivity contribution in [3.63, 3.8) is 0 Å². The molecule has 6 nitrogen and oxygen atoms in total. The Bertz CT molecular complexity index is 838. The van der Waals surface area contributed by atoms with Crippen LogP contribution in [0.5, 0.6) is 5.75 Å². The van der Waals surface area contributed by atoms with Crippen LogP contribution < -0.4 is 10.6 Å². The van der Waals surface area contributed by atoms with Crippen LogP contribution in [0.15, 0.2) is 42.6 Å². The minimum absolute atomic E-state index is 0.239. The van der Waals surface area contributed by atoms with E-state index in [0.29, 0.717) is 5.92 Å². The van der Waals surface area contributed by atoms with Gasteiger partial charge in [-0.15, -0.1) is 5.10 Å². The molecule has 3 heterocycles. The normalized spacial score (nSPS) is 15.7. The number of hydrogen-bond donors (Lipinski definition) is 3. The summed E-state index contributed by atoms with van der Waals surface area (Å²) in [5.41, 5.74) is 2.55. The van der Waals surface area contributed by atoms with Gasteiger partial charge in [-0.3, -0.25) is 0 Å². The number of nitrogens with zero attached hydrogens (tertiary/aromatic N) is 3. The van der Waals surface area contributed by atoms with E-state index >= 15 is 0 Å². The molecule has 0 bridgehead atoms. The Balaban J connectivity index is 1.58. The van der Waals surface area contributed by atoms with E-state index in [0.717, 1.165) is 42.4 Å². The zero-order valence-electron chi connectivity index (χ0n) is 13.4. The van der Waals surface area contributed by atoms with Crippen molar-refractivity contribution in [1.82, 2.24) is 19.9 Å². The first-order valence-electron chi connectivity index (χ1n) is 8.38. The fourth-order valence-electron chi connectivity index (χ4n) is 3.16. The lowest BCUT2D eigenvalue weighted by molar-refractivity contribution is 0.389. The van der Waals surface area contributed by atoms with Gasteiger partial charge in [-0.25, -0.2) is 9.50 Å². The van der Waals surface area contributed by atoms with E-state index in [1.54, 1.807) is 18.3 Å². The molecule has 1 aliphatic heterocycles. The molecule has 24 heavy (non-hydrogen) atoms. The number of aromatic hydroxyl groups is 1. The number of phenols is 1. The highest BCUT2D eigenvalue weighted by atomic mass is 16.3. The van der Waals surface area contributed by atoms with E-state index in [-0.39, 0.29) is 5.75 Å². The number of nitrogens with one attached hydrogen (secondary N) is 2. The third-order valence-electron chi connectivity index (χ3n) is 4.53. The molecule has 0 aliphatic carbocycles. The molecule has 0 radical (unpaired) electrons. The average Bonchev–Trinajstić information content (AvgIpc) is 3.04. The van der Waals surface area contributed by atoms with E-state index in [2.05, 4.69) is 20.7 Å². The monoisotopic (exact) mass is 323 g/mol. The lowest BCUT2D eigenvalue weighted by atomic mass is 9.98. The highest BCUT2D eigenvalue weighted by Gasteiger charge is 2.13. The largest absolute Gasteiger partial charge is 0.508 e. The second-order valence-corrected chi connectivity index (χ2v) is 6.26. The zero-order chi connectivity index (χ0) is 16.4. The Morgan fingerprint density at radius 2 is 2.08 bits per heavy atom. The number of aromatic nitrogens is 3. The van der Waals surface area contributed by atoms with Crippen molar-refractivity contribution in [2.75, 3.05) is 25.0 Å². The highest BCUT2D eigenvalue weighted by molar-refractivity contribution is 5.65. The molecule has 1 fully saturated rings. The Labute approximate surface area is 140 Å². The van der Waals surface area contributed by atoms with Crippen LogP contribution in [-0.2, 0) is 0 Å². The lowest BCUT2D eigenvalue weighted by Crippen LogP contribution is -2.31. The Kier molecular flexibility index (Phi) is 4.04. The van der Waals surface area contributed by atoms with Crippen molar-refractivity contribution in [2.24, 2.45) is 5.92 Å². The van der Waals surface area contributed by atoms with Gasteiger partial charge in [0.05, 0.1) is 11.9 Å². The lowest BCUT2D eigenvalue weighted by Gasteiger charge is -2.22. The van der Waals surface area contributed by atoms with Gasteiger partial charge in [-0.1, -0.05) is 12.1 Å². The van der Waals surface area contributed by atoms with Crippen molar-refractivity contribution in [3.05, 3.63) is 42.6 Å². The van der Waals surface area contributed by atoms with Gasteiger partial charge in [-0.05, 0) is 56.1 Å². The molecule has 0 unspecified atom stereocenters. The van der Waals surface area contributed by atoms with Gasteiger partial charge in [0, 0.05) is 12.1 Å². The molecule has 1 aromatic carbocycles. The number of imidazole rings is 1. The summed E-state index contributed by atoms with van der Waals surface area (Å²) in [5.74, 6) is 1.78. The number of rotatable bonds is 4. The molecular formula is C18H21N5O. The molecule has 6 heteroatoms. The first-order valence-corrected chi connectivity index (χ1v) is 8.38. The first kappa shape index (κ1) is 15.0. The van der Waals surface area contributed by atoms with E-state index in [1.165, 1.54) is 12.8 Å². The molecular weight excluding hydrogens is 302 g/mol. The summed E-state index contributed by atoms with van der Waals surface area (Å²) in [6.45, 7) is 3.14. The molecule has 0 saturated carbocycles. The highest BCUT2D eigenvalue weighted by Crippen LogP contribution is 2.24. The van der Waals surface area contributed by atoms with Crippen molar-refractivity contribution in [1.29, 1.82) is 0 Å². The van der Waals surface area contributed by atoms with Gasteiger partial charge in [0.15, 0.2) is 5.65 Å². The molecule has 2 aromatic heterocycles. The van der Waals surface area contributed by atoms with Gasteiger partial charge in [0.25, 0.3) is 0 Å². The van der Waals surface area contributed by atoms with Gasteiger partial charge in [0.2, 0.25) is 0 Å². The molecule has 0 amide bonds. The second kappa shape index (κ2) is 6.49. The van der Waals surface area contributed by atoms with Crippen LogP contribution >= 0.6 is 0 Å². The number of anilines is 1. The van der Waals surface area contributed by atoms with Crippen LogP contribution in [0, 0.1) is 5.92 Å². The number of phenolic OH excluding ortho intramolecular Hbond substituents is 1. The third-order valence-corrected chi connectivity index (χ3v) is 4.53. The van der Waals surface area contributed by atoms with Crippen LogP contribution in [-0.4, -0.2) is 39.3 Å². The predicted octanol–water partition coefficient (Wildman–Crippen LogP) is 2.51. The molecule has 3 aromatic rings. The van der Waals surface area contributed by atoms with Gasteiger partial charge in [-0.2, -0.15) is 0 Å². The first-order chi connectivity index (χ1) is 11.8. The minimum atomic E-state index is 0.239. The summed E-state index contributed by atoms with van der Waals surface area (Å²) in [4.78, 5) is 4.40. The van der Waals surface area contributed by atoms with Crippen molar-refractivity contribution in [3.8, 4) is 17.0 Å². The number of benzene rings is 1. The summed E-state index contributed by atoms with van der Waals surface area (Å²) < 4.78 is 1.82. The van der Waals surface area contributed by atoms with E-state index in [1.807, 2.05) is 28.8 Å². The Morgan fingerprint density at radius 1 is 1.21 bits per heavy atom. The fraction of sp³-hybridized carbons (Fsp3) is 0.333. The van der Waals surface area contributed by atoms with Gasteiger partial charge in [0.1, 0.15) is 11.6 Å². The third kappa shape index (κ3) is 3.05. The Hall–Kier alpha value is -2.60. The maximum Gasteiger partial charge on any atom is 0.154 e. The molecule has 0 atom stereocenters. The quantitative estimate of drug-likeness (QED) is 0.688. The topological polar surface area (TPSA) is 74.5 Å². The molecule has 3 N–H and O–H groups in total. The Morgan fingerprint density at radius 3 is 2.92 bits per heavy atom. The van der Waals surface area contributed by atoms with E-state index < -0.39 is 0 Å². The zero-order valence-corrected chi connectivity index (χ0v) is 13.4. The summed E-state index contributed by atoms with van der Waals surface area (Å²) in [6, 6.07) is 11.1. The predicted molar refractivity (Wildman–Crippen MR) is 94.2 cm³/mol. The summed E-state index contributed by atoms with van der Waals surface area (Å²) in [5, 5.41) is 21.2. The van der Waals surface area contributed by atoms with Crippen LogP contribution in [0.3, 0.4) is 0 Å². The van der Waals surface area contributed by atoms with Crippen LogP contribution in [0.2, 0.25) is 0 Å². The van der Waals surface area contributed by atoms with Crippen LogP contribution in [0.4, 0.5) is 5.82 Å².